The van der Waals surface area contributed by atoms with Gasteiger partial charge in [0.15, 0.2) is 0 Å². The largest absolute Gasteiger partial charge is 0.453 e. The van der Waals surface area contributed by atoms with Crippen LogP contribution in [0.4, 0.5) is 19.0 Å². The van der Waals surface area contributed by atoms with E-state index in [0.717, 1.165) is 4.52 Å². The van der Waals surface area contributed by atoms with Crippen LogP contribution in [0.5, 0.6) is 0 Å². The van der Waals surface area contributed by atoms with Crippen LogP contribution in [0.1, 0.15) is 11.5 Å². The maximum Gasteiger partial charge on any atom is 0.453 e. The molecule has 9 heteroatoms. The smallest absolute Gasteiger partial charge is 0.378 e. The minimum Gasteiger partial charge on any atom is -0.378 e. The van der Waals surface area contributed by atoms with E-state index in [-0.39, 0.29) is 5.78 Å². The third kappa shape index (κ3) is 2.28. The second-order valence-electron chi connectivity index (χ2n) is 4.50. The number of halogens is 3. The first-order valence-electron chi connectivity index (χ1n) is 6.09. The highest BCUT2D eigenvalue weighted by Crippen LogP contribution is 2.27. The first-order valence-corrected chi connectivity index (χ1v) is 6.09. The summed E-state index contributed by atoms with van der Waals surface area (Å²) in [5.41, 5.74) is 0.597. The Balaban J connectivity index is 2.12. The van der Waals surface area contributed by atoms with Crippen LogP contribution in [-0.2, 0) is 10.9 Å². The number of aryl methyl sites for hydroxylation is 1. The summed E-state index contributed by atoms with van der Waals surface area (Å²) in [4.78, 5) is 9.37. The van der Waals surface area contributed by atoms with E-state index in [1.54, 1.807) is 13.0 Å². The van der Waals surface area contributed by atoms with Crippen molar-refractivity contribution in [2.45, 2.75) is 13.1 Å². The van der Waals surface area contributed by atoms with E-state index >= 15 is 0 Å². The number of ether oxygens (including phenoxy) is 1. The van der Waals surface area contributed by atoms with Gasteiger partial charge in [-0.15, -0.1) is 5.10 Å². The Morgan fingerprint density at radius 2 is 1.90 bits per heavy atom. The fourth-order valence-corrected chi connectivity index (χ4v) is 2.11. The van der Waals surface area contributed by atoms with Gasteiger partial charge < -0.3 is 9.64 Å². The number of morpholine rings is 1. The van der Waals surface area contributed by atoms with E-state index in [0.29, 0.717) is 37.8 Å². The lowest BCUT2D eigenvalue weighted by molar-refractivity contribution is -0.144. The normalized spacial score (nSPS) is 16.9. The highest BCUT2D eigenvalue weighted by molar-refractivity contribution is 5.48. The number of rotatable bonds is 1. The first-order chi connectivity index (χ1) is 9.45. The van der Waals surface area contributed by atoms with Crippen molar-refractivity contribution in [3.63, 3.8) is 0 Å². The van der Waals surface area contributed by atoms with Crippen LogP contribution in [0.2, 0.25) is 0 Å². The van der Waals surface area contributed by atoms with Gasteiger partial charge in [-0.25, -0.2) is 4.98 Å². The predicted molar refractivity (Wildman–Crippen MR) is 63.6 cm³/mol. The topological polar surface area (TPSA) is 55.6 Å². The minimum atomic E-state index is -4.58. The van der Waals surface area contributed by atoms with Gasteiger partial charge in [0.05, 0.1) is 13.2 Å². The highest BCUT2D eigenvalue weighted by atomic mass is 19.4. The molecule has 3 heterocycles. The molecule has 3 rings (SSSR count). The first kappa shape index (κ1) is 13.1. The van der Waals surface area contributed by atoms with Crippen molar-refractivity contribution in [2.75, 3.05) is 31.2 Å². The zero-order valence-electron chi connectivity index (χ0n) is 10.7. The van der Waals surface area contributed by atoms with Crippen LogP contribution in [0.25, 0.3) is 5.78 Å². The van der Waals surface area contributed by atoms with E-state index in [2.05, 4.69) is 15.1 Å². The molecule has 0 N–H and O–H groups in total. The molecule has 20 heavy (non-hydrogen) atoms. The fourth-order valence-electron chi connectivity index (χ4n) is 2.11. The molecule has 0 aliphatic carbocycles. The van der Waals surface area contributed by atoms with E-state index in [4.69, 9.17) is 4.74 Å². The van der Waals surface area contributed by atoms with Crippen molar-refractivity contribution >= 4 is 11.6 Å². The Bertz CT molecular complexity index is 633. The SMILES string of the molecule is Cc1cc(N2CCOCC2)n2nc(C(F)(F)F)nc2n1. The molecule has 2 aromatic heterocycles. The van der Waals surface area contributed by atoms with Gasteiger partial charge in [-0.05, 0) is 6.92 Å². The molecule has 2 aromatic rings. The molecule has 0 unspecified atom stereocenters. The van der Waals surface area contributed by atoms with E-state index in [1.807, 2.05) is 4.90 Å². The fraction of sp³-hybridized carbons (Fsp3) is 0.545. The second-order valence-corrected chi connectivity index (χ2v) is 4.50. The van der Waals surface area contributed by atoms with Gasteiger partial charge in [-0.3, -0.25) is 0 Å². The molecule has 6 nitrogen and oxygen atoms in total. The van der Waals surface area contributed by atoms with Crippen molar-refractivity contribution in [1.82, 2.24) is 19.6 Å². The van der Waals surface area contributed by atoms with Gasteiger partial charge in [0.2, 0.25) is 0 Å². The second kappa shape index (κ2) is 4.58. The predicted octanol–water partition coefficient (Wildman–Crippen LogP) is 1.29. The summed E-state index contributed by atoms with van der Waals surface area (Å²) in [6.45, 7) is 3.97. The molecule has 0 radical (unpaired) electrons. The molecule has 1 saturated heterocycles. The van der Waals surface area contributed by atoms with Crippen molar-refractivity contribution in [3.8, 4) is 0 Å². The van der Waals surface area contributed by atoms with Crippen LogP contribution in [0.15, 0.2) is 6.07 Å². The van der Waals surface area contributed by atoms with Crippen molar-refractivity contribution < 1.29 is 17.9 Å². The van der Waals surface area contributed by atoms with Gasteiger partial charge in [0, 0.05) is 24.8 Å². The molecule has 0 aromatic carbocycles. The molecular weight excluding hydrogens is 275 g/mol. The van der Waals surface area contributed by atoms with Crippen molar-refractivity contribution in [3.05, 3.63) is 17.6 Å². The number of alkyl halides is 3. The van der Waals surface area contributed by atoms with Gasteiger partial charge in [-0.1, -0.05) is 0 Å². The Labute approximate surface area is 112 Å². The van der Waals surface area contributed by atoms with E-state index < -0.39 is 12.0 Å². The average Bonchev–Trinajstić information content (AvgIpc) is 2.82. The minimum absolute atomic E-state index is 0.0428. The molecule has 0 saturated carbocycles. The summed E-state index contributed by atoms with van der Waals surface area (Å²) in [7, 11) is 0. The van der Waals surface area contributed by atoms with Gasteiger partial charge in [0.1, 0.15) is 5.82 Å². The number of anilines is 1. The summed E-state index contributed by atoms with van der Waals surface area (Å²) in [6, 6.07) is 1.70. The lowest BCUT2D eigenvalue weighted by Crippen LogP contribution is -2.37. The monoisotopic (exact) mass is 287 g/mol. The zero-order chi connectivity index (χ0) is 14.3. The van der Waals surface area contributed by atoms with Crippen LogP contribution in [-0.4, -0.2) is 45.9 Å². The Kier molecular flexibility index (Phi) is 3.00. The van der Waals surface area contributed by atoms with Gasteiger partial charge in [-0.2, -0.15) is 22.7 Å². The van der Waals surface area contributed by atoms with Crippen LogP contribution in [0, 0.1) is 6.92 Å². The van der Waals surface area contributed by atoms with E-state index in [9.17, 15) is 13.2 Å². The number of nitrogens with zero attached hydrogens (tertiary/aromatic N) is 5. The quantitative estimate of drug-likeness (QED) is 0.791. The Hall–Kier alpha value is -1.90. The number of fused-ring (bicyclic) bond motifs is 1. The molecule has 1 aliphatic rings. The summed E-state index contributed by atoms with van der Waals surface area (Å²) >= 11 is 0. The zero-order valence-corrected chi connectivity index (χ0v) is 10.7. The van der Waals surface area contributed by atoms with Gasteiger partial charge in [0.25, 0.3) is 11.6 Å². The molecule has 0 atom stereocenters. The maximum absolute atomic E-state index is 12.7. The molecule has 1 fully saturated rings. The maximum atomic E-state index is 12.7. The lowest BCUT2D eigenvalue weighted by atomic mass is 10.3. The summed E-state index contributed by atoms with van der Waals surface area (Å²) in [6.07, 6.45) is -4.58. The molecular formula is C11H12F3N5O. The Morgan fingerprint density at radius 1 is 1.20 bits per heavy atom. The number of hydrogen-bond acceptors (Lipinski definition) is 5. The molecule has 0 spiro atoms. The van der Waals surface area contributed by atoms with Crippen molar-refractivity contribution in [1.29, 1.82) is 0 Å². The van der Waals surface area contributed by atoms with E-state index in [1.165, 1.54) is 0 Å². The van der Waals surface area contributed by atoms with Crippen molar-refractivity contribution in [2.24, 2.45) is 0 Å². The third-order valence-corrected chi connectivity index (χ3v) is 3.01. The lowest BCUT2D eigenvalue weighted by Gasteiger charge is -2.28. The summed E-state index contributed by atoms with van der Waals surface area (Å²) in [5, 5.41) is 3.54. The number of hydrogen-bond donors (Lipinski definition) is 0. The average molecular weight is 287 g/mol. The molecule has 108 valence electrons. The number of aromatic nitrogens is 4. The highest BCUT2D eigenvalue weighted by Gasteiger charge is 2.37. The summed E-state index contributed by atoms with van der Waals surface area (Å²) in [5.74, 6) is -0.664. The standard InChI is InChI=1S/C11H12F3N5O/c1-7-6-8(18-2-4-20-5-3-18)19-10(15-7)16-9(17-19)11(12,13)14/h6H,2-5H2,1H3. The summed E-state index contributed by atoms with van der Waals surface area (Å²) < 4.78 is 44.5. The third-order valence-electron chi connectivity index (χ3n) is 3.01. The molecule has 0 bridgehead atoms. The molecule has 0 amide bonds. The van der Waals surface area contributed by atoms with Crippen LogP contribution >= 0.6 is 0 Å². The van der Waals surface area contributed by atoms with Crippen LogP contribution < -0.4 is 4.90 Å². The molecule has 1 aliphatic heterocycles. The Morgan fingerprint density at radius 3 is 2.55 bits per heavy atom. The van der Waals surface area contributed by atoms with Gasteiger partial charge >= 0.3 is 6.18 Å². The van der Waals surface area contributed by atoms with Crippen LogP contribution in [0.3, 0.4) is 0 Å².